The number of carbonyl (C=O) groups is 1. The standard InChI is InChI=1S/C9H17NO.U/c1-5-7(3)9(6-2)10-8(4)11;/h7,9H,1-2,5-6H2,3-4H3,(H,10,11);/q-2;+2. The van der Waals surface area contributed by atoms with Crippen LogP contribution < -0.4 is 5.32 Å². The van der Waals surface area contributed by atoms with Crippen LogP contribution in [-0.2, 0) is 4.79 Å². The molecule has 0 rings (SSSR count). The van der Waals surface area contributed by atoms with E-state index in [-0.39, 0.29) is 43.1 Å². The van der Waals surface area contributed by atoms with Gasteiger partial charge in [0.1, 0.15) is 0 Å². The van der Waals surface area contributed by atoms with Gasteiger partial charge in [-0.1, -0.05) is 12.8 Å². The maximum atomic E-state index is 10.7. The molecule has 0 spiro atoms. The maximum Gasteiger partial charge on any atom is 2.00 e. The van der Waals surface area contributed by atoms with E-state index < -0.39 is 0 Å². The Morgan fingerprint density at radius 3 is 2.17 bits per heavy atom. The summed E-state index contributed by atoms with van der Waals surface area (Å²) in [5, 5.41) is 2.84. The Morgan fingerprint density at radius 1 is 1.42 bits per heavy atom. The van der Waals surface area contributed by atoms with E-state index in [9.17, 15) is 4.79 Å². The van der Waals surface area contributed by atoms with E-state index in [4.69, 9.17) is 0 Å². The van der Waals surface area contributed by atoms with Crippen LogP contribution in [0.3, 0.4) is 0 Å². The van der Waals surface area contributed by atoms with Crippen molar-refractivity contribution >= 4 is 5.91 Å². The second-order valence-corrected chi connectivity index (χ2v) is 2.86. The van der Waals surface area contributed by atoms with Gasteiger partial charge in [-0.3, -0.25) is 4.79 Å². The topological polar surface area (TPSA) is 29.1 Å². The molecule has 1 amide bonds. The molecule has 0 aliphatic rings. The largest absolute Gasteiger partial charge is 2.00 e. The van der Waals surface area contributed by atoms with Crippen LogP contribution >= 0.6 is 0 Å². The van der Waals surface area contributed by atoms with E-state index >= 15 is 0 Å². The Balaban J connectivity index is 0. The summed E-state index contributed by atoms with van der Waals surface area (Å²) in [4.78, 5) is 10.7. The summed E-state index contributed by atoms with van der Waals surface area (Å²) >= 11 is 0. The number of carbonyl (C=O) groups excluding carboxylic acids is 1. The molecule has 68 valence electrons. The van der Waals surface area contributed by atoms with Gasteiger partial charge in [0, 0.05) is 13.0 Å². The predicted octanol–water partition coefficient (Wildman–Crippen LogP) is 1.58. The van der Waals surface area contributed by atoms with Crippen molar-refractivity contribution in [1.82, 2.24) is 5.32 Å². The molecule has 0 aromatic heterocycles. The van der Waals surface area contributed by atoms with E-state index in [0.29, 0.717) is 5.92 Å². The van der Waals surface area contributed by atoms with Crippen LogP contribution in [0.1, 0.15) is 26.7 Å². The molecule has 2 nitrogen and oxygen atoms in total. The molecule has 0 aliphatic carbocycles. The Hall–Kier alpha value is 0.522. The van der Waals surface area contributed by atoms with Gasteiger partial charge in [-0.2, -0.15) is 12.8 Å². The summed E-state index contributed by atoms with van der Waals surface area (Å²) in [7, 11) is 0. The molecular weight excluding hydrogens is 376 g/mol. The molecule has 0 radical (unpaired) electrons. The van der Waals surface area contributed by atoms with Crippen LogP contribution in [0, 0.1) is 50.9 Å². The van der Waals surface area contributed by atoms with E-state index in [1.807, 2.05) is 0 Å². The molecule has 1 N–H and O–H groups in total. The van der Waals surface area contributed by atoms with Crippen LogP contribution in [0.15, 0.2) is 0 Å². The molecule has 0 heterocycles. The minimum atomic E-state index is 0. The van der Waals surface area contributed by atoms with Crippen LogP contribution in [0.2, 0.25) is 0 Å². The van der Waals surface area contributed by atoms with Crippen LogP contribution in [-0.4, -0.2) is 11.9 Å². The first-order chi connectivity index (χ1) is 5.11. The molecule has 12 heavy (non-hydrogen) atoms. The van der Waals surface area contributed by atoms with E-state index in [1.54, 1.807) is 0 Å². The SMILES string of the molecule is [CH2-]CC(C)C(C[CH2-])NC(C)=O.[U+2]. The molecule has 0 fully saturated rings. The van der Waals surface area contributed by atoms with Gasteiger partial charge in [-0.15, -0.1) is 0 Å². The maximum absolute atomic E-state index is 10.7. The Labute approximate surface area is 99.3 Å². The average molecular weight is 393 g/mol. The van der Waals surface area contributed by atoms with Crippen molar-refractivity contribution in [3.05, 3.63) is 13.8 Å². The first-order valence-corrected chi connectivity index (χ1v) is 3.97. The van der Waals surface area contributed by atoms with Gasteiger partial charge in [-0.05, 0) is 0 Å². The number of amides is 1. The summed E-state index contributed by atoms with van der Waals surface area (Å²) < 4.78 is 0. The number of hydrogen-bond donors (Lipinski definition) is 1. The first kappa shape index (κ1) is 15.0. The average Bonchev–Trinajstić information content (AvgIpc) is 1.98. The zero-order valence-corrected chi connectivity index (χ0v) is 12.1. The number of hydrogen-bond acceptors (Lipinski definition) is 1. The fourth-order valence-corrected chi connectivity index (χ4v) is 0.961. The van der Waals surface area contributed by atoms with Crippen molar-refractivity contribution in [2.75, 3.05) is 0 Å². The van der Waals surface area contributed by atoms with Crippen molar-refractivity contribution < 1.29 is 35.9 Å². The van der Waals surface area contributed by atoms with Crippen molar-refractivity contribution in [2.24, 2.45) is 5.92 Å². The van der Waals surface area contributed by atoms with Crippen LogP contribution in [0.5, 0.6) is 0 Å². The van der Waals surface area contributed by atoms with Crippen molar-refractivity contribution in [2.45, 2.75) is 32.7 Å². The van der Waals surface area contributed by atoms with Gasteiger partial charge in [0.2, 0.25) is 5.91 Å². The molecule has 0 aliphatic heterocycles. The molecule has 0 saturated heterocycles. The molecule has 0 aromatic carbocycles. The van der Waals surface area contributed by atoms with Crippen LogP contribution in [0.4, 0.5) is 0 Å². The van der Waals surface area contributed by atoms with Crippen molar-refractivity contribution in [1.29, 1.82) is 0 Å². The summed E-state index contributed by atoms with van der Waals surface area (Å²) in [5.41, 5.74) is 0. The zero-order valence-electron chi connectivity index (χ0n) is 7.89. The van der Waals surface area contributed by atoms with E-state index in [2.05, 4.69) is 26.1 Å². The van der Waals surface area contributed by atoms with Gasteiger partial charge >= 0.3 is 31.1 Å². The van der Waals surface area contributed by atoms with Gasteiger partial charge in [0.25, 0.3) is 0 Å². The molecule has 0 saturated carbocycles. The molecule has 0 aromatic rings. The molecule has 3 heteroatoms. The van der Waals surface area contributed by atoms with E-state index in [0.717, 1.165) is 12.8 Å². The Bertz CT molecular complexity index is 128. The monoisotopic (exact) mass is 393 g/mol. The third-order valence-electron chi connectivity index (χ3n) is 1.84. The fraction of sp³-hybridized carbons (Fsp3) is 0.667. The number of rotatable bonds is 4. The van der Waals surface area contributed by atoms with Gasteiger partial charge in [0.05, 0.1) is 0 Å². The smallest absolute Gasteiger partial charge is 0.356 e. The Kier molecular flexibility index (Phi) is 10.2. The quantitative estimate of drug-likeness (QED) is 0.723. The van der Waals surface area contributed by atoms with Gasteiger partial charge in [-0.25, -0.2) is 0 Å². The second kappa shape index (κ2) is 8.14. The first-order valence-electron chi connectivity index (χ1n) is 3.97. The molecular formula is C9H17NOU. The predicted molar refractivity (Wildman–Crippen MR) is 46.7 cm³/mol. The van der Waals surface area contributed by atoms with Crippen molar-refractivity contribution in [3.63, 3.8) is 0 Å². The zero-order chi connectivity index (χ0) is 8.85. The molecule has 2 atom stereocenters. The van der Waals surface area contributed by atoms with E-state index in [1.165, 1.54) is 6.92 Å². The summed E-state index contributed by atoms with van der Waals surface area (Å²) in [6.07, 6.45) is 1.57. The third kappa shape index (κ3) is 6.08. The Morgan fingerprint density at radius 2 is 1.92 bits per heavy atom. The summed E-state index contributed by atoms with van der Waals surface area (Å²) in [6, 6.07) is 0.185. The van der Waals surface area contributed by atoms with Crippen molar-refractivity contribution in [3.8, 4) is 0 Å². The molecule has 0 bridgehead atoms. The summed E-state index contributed by atoms with van der Waals surface area (Å²) in [5.74, 6) is 0.426. The molecule has 2 unspecified atom stereocenters. The minimum absolute atomic E-state index is 0. The third-order valence-corrected chi connectivity index (χ3v) is 1.84. The number of nitrogens with one attached hydrogen (secondary N) is 1. The fourth-order valence-electron chi connectivity index (χ4n) is 0.961. The summed E-state index contributed by atoms with van der Waals surface area (Å²) in [6.45, 7) is 11.1. The van der Waals surface area contributed by atoms with Gasteiger partial charge in [0.15, 0.2) is 0 Å². The second-order valence-electron chi connectivity index (χ2n) is 2.86. The van der Waals surface area contributed by atoms with Gasteiger partial charge < -0.3 is 19.2 Å². The minimum Gasteiger partial charge on any atom is -0.356 e. The normalized spacial score (nSPS) is 14.3. The van der Waals surface area contributed by atoms with Crippen LogP contribution in [0.25, 0.3) is 0 Å².